The normalized spacial score (nSPS) is 10.2. The van der Waals surface area contributed by atoms with E-state index in [1.165, 1.54) is 0 Å². The topological polar surface area (TPSA) is 45.1 Å². The minimum absolute atomic E-state index is 0.312. The Morgan fingerprint density at radius 3 is 2.71 bits per heavy atom. The molecule has 0 aliphatic rings. The van der Waals surface area contributed by atoms with Gasteiger partial charge in [0, 0.05) is 17.8 Å². The Morgan fingerprint density at radius 1 is 1.12 bits per heavy atom. The Balaban J connectivity index is 2.05. The molecule has 88 valence electrons. The minimum Gasteiger partial charge on any atom is -0.508 e. The van der Waals surface area contributed by atoms with Gasteiger partial charge in [-0.25, -0.2) is 4.98 Å². The van der Waals surface area contributed by atoms with Crippen molar-refractivity contribution in [3.8, 4) is 5.75 Å². The lowest BCUT2D eigenvalue weighted by Gasteiger charge is -2.08. The highest BCUT2D eigenvalue weighted by atomic mass is 16.3. The van der Waals surface area contributed by atoms with Crippen molar-refractivity contribution in [1.29, 1.82) is 0 Å². The highest BCUT2D eigenvalue weighted by Crippen LogP contribution is 2.17. The van der Waals surface area contributed by atoms with E-state index >= 15 is 0 Å². The zero-order chi connectivity index (χ0) is 12.1. The maximum absolute atomic E-state index is 9.63. The third kappa shape index (κ3) is 2.97. The summed E-state index contributed by atoms with van der Waals surface area (Å²) in [5.74, 6) is 1.15. The zero-order valence-electron chi connectivity index (χ0n) is 9.85. The van der Waals surface area contributed by atoms with Crippen LogP contribution in [0.5, 0.6) is 5.75 Å². The smallest absolute Gasteiger partial charge is 0.126 e. The molecular weight excluding hydrogens is 212 g/mol. The number of rotatable bonds is 4. The number of pyridine rings is 1. The molecule has 1 heterocycles. The van der Waals surface area contributed by atoms with Crippen molar-refractivity contribution in [2.24, 2.45) is 0 Å². The predicted octanol–water partition coefficient (Wildman–Crippen LogP) is 2.96. The standard InChI is InChI=1S/C14H16N2O/c1-2-12-7-5-9-14(16-12)15-10-11-6-3-4-8-13(11)17/h3-9,17H,2,10H2,1H3,(H,15,16). The van der Waals surface area contributed by atoms with Gasteiger partial charge in [0.2, 0.25) is 0 Å². The van der Waals surface area contributed by atoms with Crippen molar-refractivity contribution in [2.45, 2.75) is 19.9 Å². The van der Waals surface area contributed by atoms with Gasteiger partial charge < -0.3 is 10.4 Å². The molecule has 0 saturated heterocycles. The maximum Gasteiger partial charge on any atom is 0.126 e. The molecule has 3 nitrogen and oxygen atoms in total. The van der Waals surface area contributed by atoms with E-state index in [0.29, 0.717) is 12.3 Å². The number of aryl methyl sites for hydroxylation is 1. The van der Waals surface area contributed by atoms with E-state index in [0.717, 1.165) is 23.5 Å². The van der Waals surface area contributed by atoms with Gasteiger partial charge >= 0.3 is 0 Å². The summed E-state index contributed by atoms with van der Waals surface area (Å²) in [6.07, 6.45) is 0.923. The van der Waals surface area contributed by atoms with Gasteiger partial charge in [-0.05, 0) is 24.6 Å². The highest BCUT2D eigenvalue weighted by molar-refractivity contribution is 5.39. The van der Waals surface area contributed by atoms with Crippen LogP contribution >= 0.6 is 0 Å². The van der Waals surface area contributed by atoms with Crippen LogP contribution in [0.4, 0.5) is 5.82 Å². The second kappa shape index (κ2) is 5.34. The van der Waals surface area contributed by atoms with E-state index < -0.39 is 0 Å². The molecular formula is C14H16N2O. The summed E-state index contributed by atoms with van der Waals surface area (Å²) in [4.78, 5) is 4.44. The molecule has 0 unspecified atom stereocenters. The molecule has 2 N–H and O–H groups in total. The largest absolute Gasteiger partial charge is 0.508 e. The first-order chi connectivity index (χ1) is 8.29. The van der Waals surface area contributed by atoms with Gasteiger partial charge in [-0.3, -0.25) is 0 Å². The lowest BCUT2D eigenvalue weighted by atomic mass is 10.2. The number of aromatic hydroxyl groups is 1. The van der Waals surface area contributed by atoms with Crippen LogP contribution in [0.25, 0.3) is 0 Å². The van der Waals surface area contributed by atoms with Gasteiger partial charge in [0.1, 0.15) is 11.6 Å². The Hall–Kier alpha value is -2.03. The molecule has 0 spiro atoms. The molecule has 0 aliphatic carbocycles. The first-order valence-corrected chi connectivity index (χ1v) is 5.76. The lowest BCUT2D eigenvalue weighted by Crippen LogP contribution is -2.02. The lowest BCUT2D eigenvalue weighted by molar-refractivity contribution is 0.469. The quantitative estimate of drug-likeness (QED) is 0.845. The number of para-hydroxylation sites is 1. The van der Waals surface area contributed by atoms with Crippen LogP contribution in [0.3, 0.4) is 0 Å². The van der Waals surface area contributed by atoms with Crippen LogP contribution in [0.1, 0.15) is 18.2 Å². The van der Waals surface area contributed by atoms with E-state index in [1.54, 1.807) is 6.07 Å². The molecule has 0 aliphatic heterocycles. The number of nitrogens with zero attached hydrogens (tertiary/aromatic N) is 1. The molecule has 0 bridgehead atoms. The number of phenols is 1. The first kappa shape index (κ1) is 11.5. The Labute approximate surface area is 101 Å². The van der Waals surface area contributed by atoms with Crippen LogP contribution in [0.2, 0.25) is 0 Å². The number of benzene rings is 1. The summed E-state index contributed by atoms with van der Waals surface area (Å²) in [6, 6.07) is 13.2. The zero-order valence-corrected chi connectivity index (χ0v) is 9.85. The van der Waals surface area contributed by atoms with Crippen molar-refractivity contribution in [3.05, 3.63) is 53.7 Å². The minimum atomic E-state index is 0.312. The number of anilines is 1. The summed E-state index contributed by atoms with van der Waals surface area (Å²) < 4.78 is 0. The van der Waals surface area contributed by atoms with Gasteiger partial charge in [0.05, 0.1) is 0 Å². The van der Waals surface area contributed by atoms with E-state index in [4.69, 9.17) is 0 Å². The van der Waals surface area contributed by atoms with E-state index in [-0.39, 0.29) is 0 Å². The summed E-state index contributed by atoms with van der Waals surface area (Å²) >= 11 is 0. The van der Waals surface area contributed by atoms with Gasteiger partial charge in [0.15, 0.2) is 0 Å². The van der Waals surface area contributed by atoms with Crippen molar-refractivity contribution < 1.29 is 5.11 Å². The Morgan fingerprint density at radius 2 is 1.94 bits per heavy atom. The fourth-order valence-electron chi connectivity index (χ4n) is 1.62. The monoisotopic (exact) mass is 228 g/mol. The predicted molar refractivity (Wildman–Crippen MR) is 69.0 cm³/mol. The fraction of sp³-hybridized carbons (Fsp3) is 0.214. The van der Waals surface area contributed by atoms with Crippen LogP contribution in [-0.2, 0) is 13.0 Å². The average molecular weight is 228 g/mol. The second-order valence-corrected chi connectivity index (χ2v) is 3.85. The molecule has 1 aromatic carbocycles. The number of hydrogen-bond donors (Lipinski definition) is 2. The van der Waals surface area contributed by atoms with Crippen molar-refractivity contribution >= 4 is 5.82 Å². The first-order valence-electron chi connectivity index (χ1n) is 5.76. The molecule has 2 aromatic rings. The molecule has 0 saturated carbocycles. The van der Waals surface area contributed by atoms with Gasteiger partial charge in [-0.15, -0.1) is 0 Å². The van der Waals surface area contributed by atoms with Crippen LogP contribution in [-0.4, -0.2) is 10.1 Å². The van der Waals surface area contributed by atoms with Gasteiger partial charge in [-0.2, -0.15) is 0 Å². The van der Waals surface area contributed by atoms with Crippen molar-refractivity contribution in [3.63, 3.8) is 0 Å². The molecule has 1 aromatic heterocycles. The molecule has 3 heteroatoms. The Kier molecular flexibility index (Phi) is 3.60. The van der Waals surface area contributed by atoms with Crippen molar-refractivity contribution in [2.75, 3.05) is 5.32 Å². The number of nitrogens with one attached hydrogen (secondary N) is 1. The van der Waals surface area contributed by atoms with Crippen LogP contribution < -0.4 is 5.32 Å². The van der Waals surface area contributed by atoms with Gasteiger partial charge in [-0.1, -0.05) is 31.2 Å². The van der Waals surface area contributed by atoms with Crippen molar-refractivity contribution in [1.82, 2.24) is 4.98 Å². The molecule has 0 amide bonds. The molecule has 0 atom stereocenters. The van der Waals surface area contributed by atoms with E-state index in [2.05, 4.69) is 17.2 Å². The summed E-state index contributed by atoms with van der Waals surface area (Å²) in [5, 5.41) is 12.8. The second-order valence-electron chi connectivity index (χ2n) is 3.85. The number of hydrogen-bond acceptors (Lipinski definition) is 3. The molecule has 17 heavy (non-hydrogen) atoms. The summed E-state index contributed by atoms with van der Waals surface area (Å²) in [5.41, 5.74) is 1.93. The highest BCUT2D eigenvalue weighted by Gasteiger charge is 2.00. The molecule has 0 radical (unpaired) electrons. The van der Waals surface area contributed by atoms with Crippen LogP contribution in [0, 0.1) is 0 Å². The maximum atomic E-state index is 9.63. The fourth-order valence-corrected chi connectivity index (χ4v) is 1.62. The molecule has 2 rings (SSSR count). The van der Waals surface area contributed by atoms with E-state index in [1.807, 2.05) is 36.4 Å². The summed E-state index contributed by atoms with van der Waals surface area (Å²) in [6.45, 7) is 2.65. The van der Waals surface area contributed by atoms with E-state index in [9.17, 15) is 5.11 Å². The number of phenolic OH excluding ortho intramolecular Hbond substituents is 1. The molecule has 0 fully saturated rings. The van der Waals surface area contributed by atoms with Gasteiger partial charge in [0.25, 0.3) is 0 Å². The third-order valence-electron chi connectivity index (χ3n) is 2.62. The van der Waals surface area contributed by atoms with Crippen LogP contribution in [0.15, 0.2) is 42.5 Å². The SMILES string of the molecule is CCc1cccc(NCc2ccccc2O)n1. The summed E-state index contributed by atoms with van der Waals surface area (Å²) in [7, 11) is 0. The number of aromatic nitrogens is 1. The average Bonchev–Trinajstić information content (AvgIpc) is 2.38. The third-order valence-corrected chi connectivity index (χ3v) is 2.62. The Bertz CT molecular complexity index is 497.